The minimum Gasteiger partial charge on any atom is -0.359 e. The second-order valence-electron chi connectivity index (χ2n) is 6.16. The molecule has 178 valence electrons. The number of hydrogen-bond donors (Lipinski definition) is 4. The van der Waals surface area contributed by atoms with Crippen LogP contribution in [0, 0.1) is 6.92 Å². The predicted octanol–water partition coefficient (Wildman–Crippen LogP) is 1.14. The minimum absolute atomic E-state index is 0. The average Bonchev–Trinajstić information content (AvgIpc) is 2.73. The standard InChI is InChI=1S/C18H23F2N7O3.2ClH/c1-13-9-23-16(24-11-18(19,20)14-5-3-2-4-6-14)17(29)27(13)10-15(28)22-7-8-30-26-12-25-21;;/h2-6,9,12H,7-8,10-11,21H2,1H3,(H,22,28)(H,23,24)(H,25,26);2*1H. The number of benzene rings is 1. The summed E-state index contributed by atoms with van der Waals surface area (Å²) in [6.07, 6.45) is 2.45. The van der Waals surface area contributed by atoms with Crippen LogP contribution < -0.4 is 27.5 Å². The number of aromatic nitrogens is 2. The molecule has 14 heteroatoms. The van der Waals surface area contributed by atoms with Gasteiger partial charge in [-0.05, 0) is 6.92 Å². The Hall–Kier alpha value is -2.96. The normalized spacial score (nSPS) is 10.7. The average molecular weight is 496 g/mol. The highest BCUT2D eigenvalue weighted by molar-refractivity contribution is 5.85. The van der Waals surface area contributed by atoms with Gasteiger partial charge in [-0.15, -0.1) is 24.8 Å². The van der Waals surface area contributed by atoms with Crippen molar-refractivity contribution >= 4 is 42.9 Å². The number of anilines is 1. The van der Waals surface area contributed by atoms with Crippen molar-refractivity contribution in [3.8, 4) is 0 Å². The number of hydroxylamine groups is 1. The number of halogens is 4. The van der Waals surface area contributed by atoms with Gasteiger partial charge in [-0.25, -0.2) is 4.98 Å². The minimum atomic E-state index is -3.20. The van der Waals surface area contributed by atoms with E-state index in [0.29, 0.717) is 5.69 Å². The molecular formula is C18H25Cl2F2N7O3. The third-order valence-corrected chi connectivity index (χ3v) is 3.97. The molecule has 1 heterocycles. The van der Waals surface area contributed by atoms with Gasteiger partial charge in [0.1, 0.15) is 12.9 Å². The van der Waals surface area contributed by atoms with Crippen LogP contribution in [-0.4, -0.2) is 41.5 Å². The van der Waals surface area contributed by atoms with Crippen LogP contribution in [0.2, 0.25) is 0 Å². The van der Waals surface area contributed by atoms with Gasteiger partial charge in [-0.1, -0.05) is 30.3 Å². The van der Waals surface area contributed by atoms with Gasteiger partial charge >= 0.3 is 0 Å². The molecule has 0 unspecified atom stereocenters. The Balaban J connectivity index is 0.00000480. The largest absolute Gasteiger partial charge is 0.359 e. The van der Waals surface area contributed by atoms with Gasteiger partial charge < -0.3 is 16.5 Å². The number of rotatable bonds is 11. The smallest absolute Gasteiger partial charge is 0.293 e. The number of carbonyl (C=O) groups is 1. The van der Waals surface area contributed by atoms with Crippen molar-refractivity contribution in [1.82, 2.24) is 20.3 Å². The summed E-state index contributed by atoms with van der Waals surface area (Å²) in [6.45, 7) is 0.768. The van der Waals surface area contributed by atoms with Gasteiger partial charge in [0.25, 0.3) is 11.5 Å². The van der Waals surface area contributed by atoms with Crippen LogP contribution in [0.3, 0.4) is 0 Å². The highest BCUT2D eigenvalue weighted by atomic mass is 35.5. The summed E-state index contributed by atoms with van der Waals surface area (Å²) in [5.41, 5.74) is 1.87. The number of hydrazone groups is 1. The number of aryl methyl sites for hydroxylation is 1. The number of nitrogens with two attached hydrogens (primary N) is 1. The first-order valence-electron chi connectivity index (χ1n) is 8.94. The molecule has 0 saturated heterocycles. The first kappa shape index (κ1) is 29.0. The van der Waals surface area contributed by atoms with Gasteiger partial charge in [-0.2, -0.15) is 13.9 Å². The highest BCUT2D eigenvalue weighted by Crippen LogP contribution is 2.27. The van der Waals surface area contributed by atoms with Crippen molar-refractivity contribution in [3.05, 3.63) is 58.1 Å². The molecule has 2 aromatic rings. The Morgan fingerprint density at radius 2 is 2.00 bits per heavy atom. The summed E-state index contributed by atoms with van der Waals surface area (Å²) in [4.78, 5) is 33.4. The Morgan fingerprint density at radius 1 is 1.31 bits per heavy atom. The first-order chi connectivity index (χ1) is 14.3. The summed E-state index contributed by atoms with van der Waals surface area (Å²) in [7, 11) is 0. The molecule has 1 aromatic heterocycles. The van der Waals surface area contributed by atoms with Crippen LogP contribution in [0.1, 0.15) is 11.3 Å². The van der Waals surface area contributed by atoms with Gasteiger partial charge in [-0.3, -0.25) is 24.5 Å². The summed E-state index contributed by atoms with van der Waals surface area (Å²) in [5, 5.41) is 8.10. The monoisotopic (exact) mass is 495 g/mol. The van der Waals surface area contributed by atoms with Crippen LogP contribution >= 0.6 is 24.8 Å². The fourth-order valence-electron chi connectivity index (χ4n) is 2.44. The van der Waals surface area contributed by atoms with E-state index in [1.54, 1.807) is 13.0 Å². The van der Waals surface area contributed by atoms with Crippen molar-refractivity contribution in [2.45, 2.75) is 19.4 Å². The molecule has 0 saturated carbocycles. The lowest BCUT2D eigenvalue weighted by Crippen LogP contribution is -2.37. The molecule has 0 spiro atoms. The third-order valence-electron chi connectivity index (χ3n) is 3.97. The molecule has 1 aromatic carbocycles. The van der Waals surface area contributed by atoms with E-state index >= 15 is 0 Å². The summed E-state index contributed by atoms with van der Waals surface area (Å²) in [5.74, 6) is 0.941. The summed E-state index contributed by atoms with van der Waals surface area (Å²) in [6, 6.07) is 7.25. The first-order valence-corrected chi connectivity index (χ1v) is 8.94. The summed E-state index contributed by atoms with van der Waals surface area (Å²) < 4.78 is 29.8. The number of carbonyl (C=O) groups excluding carboxylic acids is 1. The molecule has 0 fully saturated rings. The van der Waals surface area contributed by atoms with E-state index < -0.39 is 23.9 Å². The molecule has 1 amide bonds. The van der Waals surface area contributed by atoms with E-state index in [4.69, 9.17) is 10.7 Å². The highest BCUT2D eigenvalue weighted by Gasteiger charge is 2.31. The molecule has 0 aliphatic heterocycles. The molecular weight excluding hydrogens is 471 g/mol. The topological polar surface area (TPSA) is 136 Å². The predicted molar refractivity (Wildman–Crippen MR) is 121 cm³/mol. The Labute approximate surface area is 195 Å². The van der Waals surface area contributed by atoms with E-state index in [9.17, 15) is 18.4 Å². The summed E-state index contributed by atoms with van der Waals surface area (Å²) >= 11 is 0. The third kappa shape index (κ3) is 8.65. The fraction of sp³-hybridized carbons (Fsp3) is 0.333. The Kier molecular flexibility index (Phi) is 12.9. The zero-order valence-electron chi connectivity index (χ0n) is 17.1. The molecule has 0 aliphatic rings. The number of nitrogens with zero attached hydrogens (tertiary/aromatic N) is 3. The molecule has 10 nitrogen and oxygen atoms in total. The lowest BCUT2D eigenvalue weighted by Gasteiger charge is -2.18. The zero-order chi connectivity index (χ0) is 22.0. The van der Waals surface area contributed by atoms with E-state index in [1.165, 1.54) is 30.5 Å². The molecule has 0 bridgehead atoms. The quantitative estimate of drug-likeness (QED) is 0.120. The van der Waals surface area contributed by atoms with Crippen LogP contribution in [0.4, 0.5) is 14.6 Å². The van der Waals surface area contributed by atoms with E-state index in [2.05, 4.69) is 26.2 Å². The number of amides is 1. The van der Waals surface area contributed by atoms with Crippen molar-refractivity contribution in [2.75, 3.05) is 25.0 Å². The Bertz CT molecular complexity index is 931. The van der Waals surface area contributed by atoms with Crippen LogP contribution in [0.25, 0.3) is 0 Å². The van der Waals surface area contributed by atoms with Crippen LogP contribution in [0.15, 0.2) is 46.4 Å². The van der Waals surface area contributed by atoms with Crippen molar-refractivity contribution in [2.24, 2.45) is 10.9 Å². The van der Waals surface area contributed by atoms with Crippen LogP contribution in [-0.2, 0) is 22.1 Å². The maximum absolute atomic E-state index is 14.3. The fourth-order valence-corrected chi connectivity index (χ4v) is 2.44. The number of nitrogens with one attached hydrogen (secondary N) is 3. The second kappa shape index (κ2) is 14.2. The lowest BCUT2D eigenvalue weighted by molar-refractivity contribution is -0.122. The SMILES string of the molecule is Cc1cnc(NCC(F)(F)c2ccccc2)c(=O)n1CC(=O)NCCONC=NN.Cl.Cl. The molecule has 0 aliphatic carbocycles. The van der Waals surface area contributed by atoms with Crippen LogP contribution in [0.5, 0.6) is 0 Å². The molecule has 5 N–H and O–H groups in total. The van der Waals surface area contributed by atoms with E-state index in [1.807, 2.05) is 0 Å². The maximum atomic E-state index is 14.3. The van der Waals surface area contributed by atoms with Crippen molar-refractivity contribution in [3.63, 3.8) is 0 Å². The van der Waals surface area contributed by atoms with Gasteiger partial charge in [0.2, 0.25) is 5.91 Å². The van der Waals surface area contributed by atoms with Crippen molar-refractivity contribution < 1.29 is 18.4 Å². The second-order valence-corrected chi connectivity index (χ2v) is 6.16. The van der Waals surface area contributed by atoms with Crippen molar-refractivity contribution in [1.29, 1.82) is 0 Å². The van der Waals surface area contributed by atoms with E-state index in [0.717, 1.165) is 10.9 Å². The Morgan fingerprint density at radius 3 is 2.66 bits per heavy atom. The van der Waals surface area contributed by atoms with Gasteiger partial charge in [0.15, 0.2) is 5.82 Å². The number of hydrogen-bond acceptors (Lipinski definition) is 7. The maximum Gasteiger partial charge on any atom is 0.293 e. The molecule has 32 heavy (non-hydrogen) atoms. The lowest BCUT2D eigenvalue weighted by atomic mass is 10.1. The molecule has 0 radical (unpaired) electrons. The number of alkyl halides is 2. The van der Waals surface area contributed by atoms with E-state index in [-0.39, 0.29) is 55.9 Å². The van der Waals surface area contributed by atoms with Gasteiger partial charge in [0.05, 0.1) is 13.2 Å². The molecule has 2 rings (SSSR count). The molecule has 0 atom stereocenters. The van der Waals surface area contributed by atoms with Gasteiger partial charge in [0, 0.05) is 24.0 Å². The zero-order valence-corrected chi connectivity index (χ0v) is 18.7.